The maximum atomic E-state index is 12.0. The van der Waals surface area contributed by atoms with Crippen molar-refractivity contribution in [2.45, 2.75) is 51.7 Å². The Morgan fingerprint density at radius 3 is 2.58 bits per heavy atom. The van der Waals surface area contributed by atoms with Crippen molar-refractivity contribution in [3.8, 4) is 0 Å². The van der Waals surface area contributed by atoms with Gasteiger partial charge in [0.2, 0.25) is 0 Å². The number of rotatable bonds is 3. The number of hydrogen-bond acceptors (Lipinski definition) is 4. The zero-order valence-electron chi connectivity index (χ0n) is 12.1. The Labute approximate surface area is 114 Å². The molecule has 3 atom stereocenters. The predicted molar refractivity (Wildman–Crippen MR) is 69.6 cm³/mol. The van der Waals surface area contributed by atoms with E-state index in [1.165, 1.54) is 7.11 Å². The third kappa shape index (κ3) is 3.01. The summed E-state index contributed by atoms with van der Waals surface area (Å²) in [5, 5.41) is 0. The summed E-state index contributed by atoms with van der Waals surface area (Å²) in [6, 6.07) is 0.254. The molecule has 2 heterocycles. The first-order chi connectivity index (χ1) is 8.81. The second-order valence-corrected chi connectivity index (χ2v) is 6.47. The van der Waals surface area contributed by atoms with E-state index in [4.69, 9.17) is 4.74 Å². The second-order valence-electron chi connectivity index (χ2n) is 6.47. The molecule has 0 unspecified atom stereocenters. The number of methoxy groups -OCH3 is 1. The summed E-state index contributed by atoms with van der Waals surface area (Å²) in [5.74, 6) is 0.795. The normalized spacial score (nSPS) is 28.8. The van der Waals surface area contributed by atoms with E-state index in [-0.39, 0.29) is 18.1 Å². The van der Waals surface area contributed by atoms with Gasteiger partial charge in [-0.2, -0.15) is 0 Å². The lowest BCUT2D eigenvalue weighted by atomic mass is 9.71. The Hall–Kier alpha value is -1.26. The molecule has 2 aliphatic heterocycles. The van der Waals surface area contributed by atoms with Crippen molar-refractivity contribution < 1.29 is 19.1 Å². The van der Waals surface area contributed by atoms with Crippen molar-refractivity contribution in [3.05, 3.63) is 0 Å². The Morgan fingerprint density at radius 2 is 2.00 bits per heavy atom. The average molecular weight is 269 g/mol. The molecule has 3 rings (SSSR count). The largest absolute Gasteiger partial charge is 0.469 e. The van der Waals surface area contributed by atoms with E-state index in [9.17, 15) is 9.59 Å². The maximum Gasteiger partial charge on any atom is 0.410 e. The van der Waals surface area contributed by atoms with Crippen molar-refractivity contribution in [1.29, 1.82) is 0 Å². The Balaban J connectivity index is 1.85. The van der Waals surface area contributed by atoms with Gasteiger partial charge in [0.15, 0.2) is 0 Å². The summed E-state index contributed by atoms with van der Waals surface area (Å²) in [4.78, 5) is 25.0. The molecule has 2 saturated heterocycles. The number of fused-ring (bicyclic) bond motifs is 1. The first kappa shape index (κ1) is 14.2. The predicted octanol–water partition coefficient (Wildman–Crippen LogP) is 2.20. The number of hydrogen-bond donors (Lipinski definition) is 0. The van der Waals surface area contributed by atoms with Crippen LogP contribution in [0.5, 0.6) is 0 Å². The van der Waals surface area contributed by atoms with E-state index in [0.717, 1.165) is 19.4 Å². The average Bonchev–Trinajstić information content (AvgIpc) is 2.84. The lowest BCUT2D eigenvalue weighted by Gasteiger charge is -2.36. The summed E-state index contributed by atoms with van der Waals surface area (Å²) < 4.78 is 10.1. The third-order valence-electron chi connectivity index (χ3n) is 4.01. The molecule has 0 N–H and O–H groups in total. The van der Waals surface area contributed by atoms with Crippen LogP contribution in [0.1, 0.15) is 40.0 Å². The molecular formula is C14H23NO4. The van der Waals surface area contributed by atoms with Gasteiger partial charge >= 0.3 is 12.1 Å². The molecule has 0 aromatic rings. The number of carbonyl (C=O) groups is 2. The van der Waals surface area contributed by atoms with Crippen LogP contribution >= 0.6 is 0 Å². The van der Waals surface area contributed by atoms with Crippen LogP contribution in [0.4, 0.5) is 4.79 Å². The zero-order valence-corrected chi connectivity index (χ0v) is 12.1. The molecule has 3 aliphatic rings. The molecule has 0 spiro atoms. The zero-order chi connectivity index (χ0) is 14.2. The minimum absolute atomic E-state index is 0.171. The van der Waals surface area contributed by atoms with Gasteiger partial charge in [0.25, 0.3) is 0 Å². The second kappa shape index (κ2) is 5.02. The Kier molecular flexibility index (Phi) is 3.74. The molecule has 1 amide bonds. The van der Waals surface area contributed by atoms with Crippen LogP contribution in [0, 0.1) is 11.8 Å². The van der Waals surface area contributed by atoms with Crippen LogP contribution < -0.4 is 0 Å². The highest BCUT2D eigenvalue weighted by Crippen LogP contribution is 2.48. The van der Waals surface area contributed by atoms with Crippen molar-refractivity contribution >= 4 is 12.1 Å². The molecule has 5 heteroatoms. The molecule has 0 aromatic heterocycles. The standard InChI is InChI=1S/C14H23NO4/c1-14(2,3)19-13(17)15-8-9-7-11(15)10(9)5-6-12(16)18-4/h9-11H,5-8H2,1-4H3/t9-,10+,11-/m1/s1. The van der Waals surface area contributed by atoms with Crippen LogP contribution in [0.2, 0.25) is 0 Å². The lowest BCUT2D eigenvalue weighted by Crippen LogP contribution is -2.43. The molecule has 1 saturated carbocycles. The number of amides is 1. The highest BCUT2D eigenvalue weighted by molar-refractivity contribution is 5.70. The minimum atomic E-state index is -0.453. The molecular weight excluding hydrogens is 246 g/mol. The Bertz CT molecular complexity index is 374. The summed E-state index contributed by atoms with van der Waals surface area (Å²) in [6.07, 6.45) is 2.07. The van der Waals surface area contributed by atoms with Gasteiger partial charge in [0.1, 0.15) is 5.60 Å². The summed E-state index contributed by atoms with van der Waals surface area (Å²) in [7, 11) is 1.41. The van der Waals surface area contributed by atoms with Gasteiger partial charge < -0.3 is 14.4 Å². The van der Waals surface area contributed by atoms with E-state index in [1.807, 2.05) is 25.7 Å². The van der Waals surface area contributed by atoms with Gasteiger partial charge in [-0.3, -0.25) is 4.79 Å². The van der Waals surface area contributed by atoms with E-state index >= 15 is 0 Å². The minimum Gasteiger partial charge on any atom is -0.469 e. The molecule has 0 aromatic carbocycles. The smallest absolute Gasteiger partial charge is 0.410 e. The van der Waals surface area contributed by atoms with Gasteiger partial charge in [-0.15, -0.1) is 0 Å². The van der Waals surface area contributed by atoms with E-state index in [2.05, 4.69) is 4.74 Å². The fourth-order valence-corrected chi connectivity index (χ4v) is 3.08. The van der Waals surface area contributed by atoms with Gasteiger partial charge in [-0.05, 0) is 45.4 Å². The van der Waals surface area contributed by atoms with Gasteiger partial charge in [-0.1, -0.05) is 0 Å². The SMILES string of the molecule is COC(=O)CC[C@H]1[C@@H]2C[C@H]1N(C(=O)OC(C)(C)C)C2. The van der Waals surface area contributed by atoms with Crippen LogP contribution in [0.15, 0.2) is 0 Å². The lowest BCUT2D eigenvalue weighted by molar-refractivity contribution is -0.141. The van der Waals surface area contributed by atoms with E-state index in [0.29, 0.717) is 18.3 Å². The summed E-state index contributed by atoms with van der Waals surface area (Å²) >= 11 is 0. The first-order valence-corrected chi connectivity index (χ1v) is 6.88. The summed E-state index contributed by atoms with van der Waals surface area (Å²) in [6.45, 7) is 6.39. The quantitative estimate of drug-likeness (QED) is 0.737. The Morgan fingerprint density at radius 1 is 1.32 bits per heavy atom. The van der Waals surface area contributed by atoms with E-state index < -0.39 is 5.60 Å². The van der Waals surface area contributed by atoms with Crippen molar-refractivity contribution in [3.63, 3.8) is 0 Å². The maximum absolute atomic E-state index is 12.0. The highest BCUT2D eigenvalue weighted by atomic mass is 16.6. The van der Waals surface area contributed by atoms with Crippen LogP contribution in [0.3, 0.4) is 0 Å². The monoisotopic (exact) mass is 269 g/mol. The first-order valence-electron chi connectivity index (χ1n) is 6.88. The van der Waals surface area contributed by atoms with Gasteiger partial charge in [0.05, 0.1) is 7.11 Å². The fraction of sp³-hybridized carbons (Fsp3) is 0.857. The number of nitrogens with zero attached hydrogens (tertiary/aromatic N) is 1. The highest BCUT2D eigenvalue weighted by Gasteiger charge is 2.54. The molecule has 3 fully saturated rings. The molecule has 19 heavy (non-hydrogen) atoms. The van der Waals surface area contributed by atoms with Gasteiger partial charge in [0, 0.05) is 19.0 Å². The topological polar surface area (TPSA) is 55.8 Å². The van der Waals surface area contributed by atoms with Crippen LogP contribution in [-0.2, 0) is 14.3 Å². The fourth-order valence-electron chi connectivity index (χ4n) is 3.08. The van der Waals surface area contributed by atoms with E-state index in [1.54, 1.807) is 0 Å². The van der Waals surface area contributed by atoms with Crippen LogP contribution in [0.25, 0.3) is 0 Å². The molecule has 2 bridgehead atoms. The summed E-state index contributed by atoms with van der Waals surface area (Å²) in [5.41, 5.74) is -0.453. The molecule has 0 radical (unpaired) electrons. The third-order valence-corrected chi connectivity index (χ3v) is 4.01. The molecule has 108 valence electrons. The van der Waals surface area contributed by atoms with Crippen molar-refractivity contribution in [2.75, 3.05) is 13.7 Å². The number of ether oxygens (including phenoxy) is 2. The molecule has 5 nitrogen and oxygen atoms in total. The van der Waals surface area contributed by atoms with Crippen molar-refractivity contribution in [2.24, 2.45) is 11.8 Å². The molecule has 1 aliphatic carbocycles. The van der Waals surface area contributed by atoms with Crippen molar-refractivity contribution in [1.82, 2.24) is 4.90 Å². The number of carbonyl (C=O) groups excluding carboxylic acids is 2. The number of esters is 1. The van der Waals surface area contributed by atoms with Crippen LogP contribution in [-0.4, -0.2) is 42.3 Å². The van der Waals surface area contributed by atoms with Gasteiger partial charge in [-0.25, -0.2) is 4.79 Å².